The summed E-state index contributed by atoms with van der Waals surface area (Å²) in [6.07, 6.45) is 0.694. The van der Waals surface area contributed by atoms with Crippen LogP contribution in [0.3, 0.4) is 0 Å². The molecule has 2 aliphatic rings. The molecule has 3 N–H and O–H groups in total. The second-order valence-electron chi connectivity index (χ2n) is 7.07. The van der Waals surface area contributed by atoms with Crippen molar-refractivity contribution in [1.29, 1.82) is 0 Å². The van der Waals surface area contributed by atoms with Crippen LogP contribution in [0, 0.1) is 0 Å². The maximum Gasteiger partial charge on any atom is 0.243 e. The van der Waals surface area contributed by atoms with Gasteiger partial charge in [0.25, 0.3) is 0 Å². The van der Waals surface area contributed by atoms with Gasteiger partial charge >= 0.3 is 0 Å². The first-order valence-corrected chi connectivity index (χ1v) is 9.29. The Morgan fingerprint density at radius 3 is 2.65 bits per heavy atom. The summed E-state index contributed by atoms with van der Waals surface area (Å²) in [7, 11) is 2.01. The van der Waals surface area contributed by atoms with Crippen molar-refractivity contribution in [3.05, 3.63) is 23.1 Å². The number of nitrogens with zero attached hydrogens (tertiary/aromatic N) is 4. The molecule has 2 fully saturated rings. The molecule has 3 heterocycles. The number of fused-ring (bicyclic) bond motifs is 1. The first-order chi connectivity index (χ1) is 12.5. The van der Waals surface area contributed by atoms with E-state index in [1.807, 2.05) is 13.1 Å². The standard InChI is InChI=1S/C17H23ClN4O4/c1-21(9-4-2-3-5-9)16-11-7-6-10(22(11)20-17(18)19-16)15-14(25)13(24)12(8-23)26-15/h6-7,9,12-15,23-25H,2-5,8H2,1H3/t12-,13-,14-,15+/m1/s1. The lowest BCUT2D eigenvalue weighted by molar-refractivity contribution is -0.0244. The molecule has 0 bridgehead atoms. The van der Waals surface area contributed by atoms with E-state index in [0.29, 0.717) is 11.7 Å². The summed E-state index contributed by atoms with van der Waals surface area (Å²) in [4.78, 5) is 6.55. The van der Waals surface area contributed by atoms with Crippen molar-refractivity contribution in [2.45, 2.75) is 56.1 Å². The average molecular weight is 383 g/mol. The number of anilines is 1. The van der Waals surface area contributed by atoms with Crippen molar-refractivity contribution in [2.24, 2.45) is 0 Å². The summed E-state index contributed by atoms with van der Waals surface area (Å²) >= 11 is 6.17. The smallest absolute Gasteiger partial charge is 0.243 e. The zero-order chi connectivity index (χ0) is 18.4. The monoisotopic (exact) mass is 382 g/mol. The van der Waals surface area contributed by atoms with Crippen LogP contribution in [0.15, 0.2) is 12.1 Å². The third-order valence-electron chi connectivity index (χ3n) is 5.53. The Morgan fingerprint density at radius 1 is 1.27 bits per heavy atom. The Balaban J connectivity index is 1.74. The highest BCUT2D eigenvalue weighted by Gasteiger charge is 2.44. The summed E-state index contributed by atoms with van der Waals surface area (Å²) in [6, 6.07) is 4.06. The predicted molar refractivity (Wildman–Crippen MR) is 95.4 cm³/mol. The second-order valence-corrected chi connectivity index (χ2v) is 7.41. The third kappa shape index (κ3) is 2.86. The van der Waals surface area contributed by atoms with Crippen molar-refractivity contribution < 1.29 is 20.1 Å². The van der Waals surface area contributed by atoms with Crippen molar-refractivity contribution in [3.63, 3.8) is 0 Å². The molecule has 1 aliphatic heterocycles. The van der Waals surface area contributed by atoms with Crippen molar-refractivity contribution >= 4 is 22.9 Å². The second kappa shape index (κ2) is 6.94. The number of aromatic nitrogens is 3. The van der Waals surface area contributed by atoms with Crippen LogP contribution in [-0.4, -0.2) is 67.9 Å². The van der Waals surface area contributed by atoms with Crippen LogP contribution in [-0.2, 0) is 4.74 Å². The van der Waals surface area contributed by atoms with E-state index >= 15 is 0 Å². The fourth-order valence-corrected chi connectivity index (χ4v) is 4.21. The number of hydrogen-bond acceptors (Lipinski definition) is 7. The van der Waals surface area contributed by atoms with E-state index in [4.69, 9.17) is 16.3 Å². The van der Waals surface area contributed by atoms with E-state index in [0.717, 1.165) is 24.2 Å². The Bertz CT molecular complexity index is 794. The molecule has 2 aromatic heterocycles. The molecule has 142 valence electrons. The maximum atomic E-state index is 10.3. The molecule has 1 aliphatic carbocycles. The number of ether oxygens (including phenoxy) is 1. The fraction of sp³-hybridized carbons (Fsp3) is 0.647. The van der Waals surface area contributed by atoms with Crippen LogP contribution in [0.2, 0.25) is 5.28 Å². The van der Waals surface area contributed by atoms with Gasteiger partial charge in [-0.3, -0.25) is 0 Å². The van der Waals surface area contributed by atoms with Gasteiger partial charge in [0.15, 0.2) is 5.82 Å². The van der Waals surface area contributed by atoms with Crippen LogP contribution >= 0.6 is 11.6 Å². The molecule has 0 aromatic carbocycles. The zero-order valence-electron chi connectivity index (χ0n) is 14.5. The fourth-order valence-electron chi connectivity index (χ4n) is 4.06. The van der Waals surface area contributed by atoms with Gasteiger partial charge in [-0.25, -0.2) is 4.52 Å². The molecule has 2 aromatic rings. The van der Waals surface area contributed by atoms with Gasteiger partial charge in [-0.05, 0) is 36.6 Å². The van der Waals surface area contributed by atoms with Gasteiger partial charge in [-0.15, -0.1) is 5.10 Å². The number of aliphatic hydroxyl groups is 3. The normalized spacial score (nSPS) is 29.7. The Morgan fingerprint density at radius 2 is 2.00 bits per heavy atom. The summed E-state index contributed by atoms with van der Waals surface area (Å²) < 4.78 is 7.25. The van der Waals surface area contributed by atoms with Crippen LogP contribution in [0.4, 0.5) is 5.82 Å². The quantitative estimate of drug-likeness (QED) is 0.722. The van der Waals surface area contributed by atoms with E-state index in [-0.39, 0.29) is 11.9 Å². The summed E-state index contributed by atoms with van der Waals surface area (Å²) in [6.45, 7) is -0.372. The molecule has 1 saturated heterocycles. The van der Waals surface area contributed by atoms with Gasteiger partial charge in [0, 0.05) is 13.1 Å². The van der Waals surface area contributed by atoms with Crippen molar-refractivity contribution in [3.8, 4) is 0 Å². The average Bonchev–Trinajstić information content (AvgIpc) is 3.35. The lowest BCUT2D eigenvalue weighted by Gasteiger charge is -2.26. The minimum absolute atomic E-state index is 0.0986. The maximum absolute atomic E-state index is 10.3. The van der Waals surface area contributed by atoms with Gasteiger partial charge in [0.2, 0.25) is 5.28 Å². The number of rotatable bonds is 4. The molecule has 1 saturated carbocycles. The topological polar surface area (TPSA) is 103 Å². The van der Waals surface area contributed by atoms with Gasteiger partial charge < -0.3 is 25.0 Å². The number of halogens is 1. The molecule has 26 heavy (non-hydrogen) atoms. The van der Waals surface area contributed by atoms with Crippen LogP contribution in [0.1, 0.15) is 37.5 Å². The molecule has 4 rings (SSSR count). The Labute approximate surface area is 156 Å². The first kappa shape index (κ1) is 17.9. The van der Waals surface area contributed by atoms with E-state index in [9.17, 15) is 15.3 Å². The minimum Gasteiger partial charge on any atom is -0.394 e. The largest absolute Gasteiger partial charge is 0.394 e. The van der Waals surface area contributed by atoms with Crippen LogP contribution < -0.4 is 4.90 Å². The molecular weight excluding hydrogens is 360 g/mol. The zero-order valence-corrected chi connectivity index (χ0v) is 15.2. The minimum atomic E-state index is -1.16. The molecule has 0 amide bonds. The van der Waals surface area contributed by atoms with Crippen LogP contribution in [0.5, 0.6) is 0 Å². The Hall–Kier alpha value is -1.45. The van der Waals surface area contributed by atoms with Crippen molar-refractivity contribution in [1.82, 2.24) is 14.6 Å². The predicted octanol–water partition coefficient (Wildman–Crippen LogP) is 0.915. The van der Waals surface area contributed by atoms with E-state index in [1.165, 1.54) is 12.8 Å². The SMILES string of the molecule is CN(c1nc(Cl)nn2c([C@@H]3O[C@H](CO)[C@@H](O)[C@H]3O)ccc12)C1CCCC1. The molecule has 9 heteroatoms. The van der Waals surface area contributed by atoms with Gasteiger partial charge in [0.1, 0.15) is 29.9 Å². The lowest BCUT2D eigenvalue weighted by Crippen LogP contribution is -2.32. The molecule has 8 nitrogen and oxygen atoms in total. The highest BCUT2D eigenvalue weighted by molar-refractivity contribution is 6.28. The van der Waals surface area contributed by atoms with E-state index in [1.54, 1.807) is 10.6 Å². The van der Waals surface area contributed by atoms with Gasteiger partial charge in [-0.2, -0.15) is 4.98 Å². The molecule has 0 unspecified atom stereocenters. The van der Waals surface area contributed by atoms with E-state index < -0.39 is 24.4 Å². The molecule has 0 spiro atoms. The molecule has 4 atom stereocenters. The Kier molecular flexibility index (Phi) is 4.79. The van der Waals surface area contributed by atoms with E-state index in [2.05, 4.69) is 15.0 Å². The van der Waals surface area contributed by atoms with Gasteiger partial charge in [0.05, 0.1) is 12.3 Å². The van der Waals surface area contributed by atoms with Crippen molar-refractivity contribution in [2.75, 3.05) is 18.6 Å². The number of hydrogen-bond donors (Lipinski definition) is 3. The highest BCUT2D eigenvalue weighted by atomic mass is 35.5. The summed E-state index contributed by atoms with van der Waals surface area (Å²) in [5.41, 5.74) is 1.32. The summed E-state index contributed by atoms with van der Waals surface area (Å²) in [5.74, 6) is 0.731. The van der Waals surface area contributed by atoms with Gasteiger partial charge in [-0.1, -0.05) is 12.8 Å². The first-order valence-electron chi connectivity index (χ1n) is 8.91. The molecular formula is C17H23ClN4O4. The molecule has 0 radical (unpaired) electrons. The number of aliphatic hydroxyl groups excluding tert-OH is 3. The highest BCUT2D eigenvalue weighted by Crippen LogP contribution is 2.36. The summed E-state index contributed by atoms with van der Waals surface area (Å²) in [5, 5.41) is 34.0. The lowest BCUT2D eigenvalue weighted by atomic mass is 10.1. The third-order valence-corrected chi connectivity index (χ3v) is 5.69. The van der Waals surface area contributed by atoms with Crippen LogP contribution in [0.25, 0.3) is 5.52 Å².